The lowest BCUT2D eigenvalue weighted by atomic mass is 10.0. The van der Waals surface area contributed by atoms with Crippen LogP contribution in [0.25, 0.3) is 10.9 Å². The zero-order chi connectivity index (χ0) is 13.7. The molecule has 2 aliphatic carbocycles. The highest BCUT2D eigenvalue weighted by Crippen LogP contribution is 2.54. The van der Waals surface area contributed by atoms with E-state index in [9.17, 15) is 4.79 Å². The molecule has 0 spiro atoms. The van der Waals surface area contributed by atoms with Gasteiger partial charge in [-0.15, -0.1) is 0 Å². The number of aromatic nitrogens is 1. The number of fused-ring (bicyclic) bond motifs is 2. The Morgan fingerprint density at radius 2 is 2.00 bits per heavy atom. The summed E-state index contributed by atoms with van der Waals surface area (Å²) in [6.07, 6.45) is 5.31. The summed E-state index contributed by atoms with van der Waals surface area (Å²) in [4.78, 5) is 16.8. The molecule has 2 saturated carbocycles. The maximum absolute atomic E-state index is 12.4. The van der Waals surface area contributed by atoms with Crippen molar-refractivity contribution in [2.45, 2.75) is 26.2 Å². The van der Waals surface area contributed by atoms with Gasteiger partial charge < -0.3 is 5.32 Å². The molecular formula is C17H18N2O. The van der Waals surface area contributed by atoms with E-state index in [4.69, 9.17) is 0 Å². The summed E-state index contributed by atoms with van der Waals surface area (Å²) < 4.78 is 0. The fourth-order valence-electron chi connectivity index (χ4n) is 3.59. The fourth-order valence-corrected chi connectivity index (χ4v) is 3.59. The molecule has 2 unspecified atom stereocenters. The number of rotatable bonds is 2. The predicted octanol–water partition coefficient (Wildman–Crippen LogP) is 3.53. The molecule has 2 aromatic rings. The zero-order valence-electron chi connectivity index (χ0n) is 11.6. The Kier molecular flexibility index (Phi) is 2.56. The Hall–Kier alpha value is -1.90. The maximum Gasteiger partial charge on any atom is 0.227 e. The molecule has 102 valence electrons. The Balaban J connectivity index is 1.62. The molecule has 0 bridgehead atoms. The number of hydrogen-bond donors (Lipinski definition) is 1. The molecular weight excluding hydrogens is 248 g/mol. The highest BCUT2D eigenvalue weighted by atomic mass is 16.1. The third-order valence-corrected chi connectivity index (χ3v) is 4.84. The fraction of sp³-hybridized carbons (Fsp3) is 0.412. The van der Waals surface area contributed by atoms with Crippen LogP contribution in [0.1, 0.15) is 24.8 Å². The highest BCUT2D eigenvalue weighted by Gasteiger charge is 2.47. The van der Waals surface area contributed by atoms with Crippen LogP contribution in [0, 0.1) is 24.7 Å². The molecule has 2 aliphatic rings. The Labute approximate surface area is 118 Å². The van der Waals surface area contributed by atoms with Gasteiger partial charge in [-0.1, -0.05) is 6.07 Å². The summed E-state index contributed by atoms with van der Waals surface area (Å²) in [7, 11) is 0. The number of pyridine rings is 1. The summed E-state index contributed by atoms with van der Waals surface area (Å²) in [5.74, 6) is 2.07. The zero-order valence-corrected chi connectivity index (χ0v) is 11.6. The van der Waals surface area contributed by atoms with Gasteiger partial charge in [0, 0.05) is 17.5 Å². The van der Waals surface area contributed by atoms with E-state index in [0.29, 0.717) is 0 Å². The molecule has 1 amide bonds. The molecule has 3 heteroatoms. The van der Waals surface area contributed by atoms with Gasteiger partial charge >= 0.3 is 0 Å². The van der Waals surface area contributed by atoms with Crippen molar-refractivity contribution in [3.8, 4) is 0 Å². The number of nitrogens with zero attached hydrogens (tertiary/aromatic N) is 1. The van der Waals surface area contributed by atoms with E-state index in [0.717, 1.165) is 46.8 Å². The number of amides is 1. The van der Waals surface area contributed by atoms with Crippen LogP contribution < -0.4 is 5.32 Å². The molecule has 2 fully saturated rings. The summed E-state index contributed by atoms with van der Waals surface area (Å²) >= 11 is 0. The van der Waals surface area contributed by atoms with Crippen LogP contribution >= 0.6 is 0 Å². The lowest BCUT2D eigenvalue weighted by molar-refractivity contribution is -0.119. The van der Waals surface area contributed by atoms with Gasteiger partial charge in [0.25, 0.3) is 0 Å². The topological polar surface area (TPSA) is 42.0 Å². The summed E-state index contributed by atoms with van der Waals surface area (Å²) in [6.45, 7) is 2.05. The van der Waals surface area contributed by atoms with Crippen LogP contribution in [-0.2, 0) is 4.79 Å². The Morgan fingerprint density at radius 1 is 1.20 bits per heavy atom. The number of carbonyl (C=O) groups is 1. The van der Waals surface area contributed by atoms with E-state index in [1.54, 1.807) is 6.20 Å². The first-order valence-corrected chi connectivity index (χ1v) is 7.37. The molecule has 20 heavy (non-hydrogen) atoms. The summed E-state index contributed by atoms with van der Waals surface area (Å²) in [5, 5.41) is 4.15. The quantitative estimate of drug-likeness (QED) is 0.903. The van der Waals surface area contributed by atoms with Gasteiger partial charge in [-0.2, -0.15) is 0 Å². The third-order valence-electron chi connectivity index (χ3n) is 4.84. The van der Waals surface area contributed by atoms with Crippen LogP contribution in [0.2, 0.25) is 0 Å². The van der Waals surface area contributed by atoms with E-state index < -0.39 is 0 Å². The minimum absolute atomic E-state index is 0.186. The monoisotopic (exact) mass is 266 g/mol. The molecule has 2 atom stereocenters. The summed E-state index contributed by atoms with van der Waals surface area (Å²) in [6, 6.07) is 7.96. The second kappa shape index (κ2) is 4.30. The molecule has 1 aromatic carbocycles. The van der Waals surface area contributed by atoms with E-state index in [1.807, 2.05) is 31.2 Å². The van der Waals surface area contributed by atoms with E-state index in [-0.39, 0.29) is 11.8 Å². The van der Waals surface area contributed by atoms with Crippen LogP contribution in [0.4, 0.5) is 5.69 Å². The van der Waals surface area contributed by atoms with Gasteiger partial charge in [0.2, 0.25) is 5.91 Å². The van der Waals surface area contributed by atoms with Crippen molar-refractivity contribution >= 4 is 22.5 Å². The number of benzene rings is 1. The second-order valence-corrected chi connectivity index (χ2v) is 6.24. The first-order chi connectivity index (χ1) is 9.72. The van der Waals surface area contributed by atoms with Gasteiger partial charge in [-0.25, -0.2) is 0 Å². The minimum Gasteiger partial charge on any atom is -0.325 e. The van der Waals surface area contributed by atoms with Crippen molar-refractivity contribution < 1.29 is 4.79 Å². The molecule has 3 nitrogen and oxygen atoms in total. The molecule has 0 aliphatic heterocycles. The van der Waals surface area contributed by atoms with Gasteiger partial charge in [0.05, 0.1) is 11.2 Å². The molecule has 1 aromatic heterocycles. The van der Waals surface area contributed by atoms with Gasteiger partial charge in [-0.3, -0.25) is 9.78 Å². The highest BCUT2D eigenvalue weighted by molar-refractivity contribution is 6.02. The summed E-state index contributed by atoms with van der Waals surface area (Å²) in [5.41, 5.74) is 3.00. The van der Waals surface area contributed by atoms with Crippen molar-refractivity contribution in [2.75, 3.05) is 5.32 Å². The molecule has 0 radical (unpaired) electrons. The van der Waals surface area contributed by atoms with E-state index in [1.165, 1.54) is 6.42 Å². The first kappa shape index (κ1) is 11.9. The smallest absolute Gasteiger partial charge is 0.227 e. The van der Waals surface area contributed by atoms with Gasteiger partial charge in [0.15, 0.2) is 0 Å². The molecule has 0 saturated heterocycles. The van der Waals surface area contributed by atoms with Crippen molar-refractivity contribution in [3.05, 3.63) is 36.0 Å². The van der Waals surface area contributed by atoms with E-state index in [2.05, 4.69) is 10.3 Å². The maximum atomic E-state index is 12.4. The molecule has 1 N–H and O–H groups in total. The number of aryl methyl sites for hydroxylation is 1. The minimum atomic E-state index is 0.186. The standard InChI is InChI=1S/C17H18N2O/c1-10-4-5-15(14-3-2-6-18-16(10)14)19-17(20)13-8-11-7-12(11)9-13/h2-6,11-13H,7-9H2,1H3,(H,19,20). The SMILES string of the molecule is Cc1ccc(NC(=O)C2CC3CC3C2)c2cccnc12. The number of anilines is 1. The van der Waals surface area contributed by atoms with Crippen LogP contribution in [0.3, 0.4) is 0 Å². The normalized spacial score (nSPS) is 27.4. The second-order valence-electron chi connectivity index (χ2n) is 6.24. The number of carbonyl (C=O) groups excluding carboxylic acids is 1. The average molecular weight is 266 g/mol. The number of hydrogen-bond acceptors (Lipinski definition) is 2. The van der Waals surface area contributed by atoms with Crippen molar-refractivity contribution in [3.63, 3.8) is 0 Å². The van der Waals surface area contributed by atoms with Crippen LogP contribution in [0.5, 0.6) is 0 Å². The van der Waals surface area contributed by atoms with Crippen molar-refractivity contribution in [2.24, 2.45) is 17.8 Å². The first-order valence-electron chi connectivity index (χ1n) is 7.37. The molecule has 1 heterocycles. The van der Waals surface area contributed by atoms with E-state index >= 15 is 0 Å². The third kappa shape index (κ3) is 1.89. The van der Waals surface area contributed by atoms with Crippen LogP contribution in [0.15, 0.2) is 30.5 Å². The van der Waals surface area contributed by atoms with Crippen LogP contribution in [-0.4, -0.2) is 10.9 Å². The lowest BCUT2D eigenvalue weighted by Crippen LogP contribution is -2.21. The molecule has 4 rings (SSSR count). The van der Waals surface area contributed by atoms with Gasteiger partial charge in [0.1, 0.15) is 0 Å². The Morgan fingerprint density at radius 3 is 2.80 bits per heavy atom. The average Bonchev–Trinajstić information content (AvgIpc) is 3.08. The predicted molar refractivity (Wildman–Crippen MR) is 79.4 cm³/mol. The Bertz CT molecular complexity index is 684. The van der Waals surface area contributed by atoms with Crippen molar-refractivity contribution in [1.29, 1.82) is 0 Å². The van der Waals surface area contributed by atoms with Gasteiger partial charge in [-0.05, 0) is 61.8 Å². The van der Waals surface area contributed by atoms with Crippen molar-refractivity contribution in [1.82, 2.24) is 4.98 Å². The number of nitrogens with one attached hydrogen (secondary N) is 1. The largest absolute Gasteiger partial charge is 0.325 e. The lowest BCUT2D eigenvalue weighted by Gasteiger charge is -2.14.